The van der Waals surface area contributed by atoms with Crippen LogP contribution in [0.2, 0.25) is 0 Å². The fourth-order valence-corrected chi connectivity index (χ4v) is 2.10. The molecule has 3 heteroatoms. The van der Waals surface area contributed by atoms with E-state index in [1.807, 2.05) is 53.2 Å². The van der Waals surface area contributed by atoms with Crippen molar-refractivity contribution >= 4 is 0 Å². The van der Waals surface area contributed by atoms with Gasteiger partial charge in [0.25, 0.3) is 0 Å². The fourth-order valence-electron chi connectivity index (χ4n) is 2.10. The number of imidazole rings is 1. The average Bonchev–Trinajstić information content (AvgIpc) is 3.03. The van der Waals surface area contributed by atoms with E-state index in [0.717, 1.165) is 11.4 Å². The van der Waals surface area contributed by atoms with Crippen LogP contribution in [0.5, 0.6) is 5.75 Å². The molecule has 0 aliphatic heterocycles. The predicted molar refractivity (Wildman–Crippen MR) is 79.0 cm³/mol. The monoisotopic (exact) mass is 264 g/mol. The van der Waals surface area contributed by atoms with E-state index in [2.05, 4.69) is 24.0 Å². The van der Waals surface area contributed by atoms with Crippen molar-refractivity contribution in [2.24, 2.45) is 0 Å². The highest BCUT2D eigenvalue weighted by atomic mass is 16.5. The second-order valence-electron chi connectivity index (χ2n) is 4.63. The van der Waals surface area contributed by atoms with E-state index in [9.17, 15) is 0 Å². The molecule has 0 amide bonds. The lowest BCUT2D eigenvalue weighted by Crippen LogP contribution is -2.02. The maximum atomic E-state index is 5.95. The summed E-state index contributed by atoms with van der Waals surface area (Å²) in [5.41, 5.74) is 2.24. The van der Waals surface area contributed by atoms with E-state index < -0.39 is 0 Å². The molecule has 3 rings (SSSR count). The molecule has 3 nitrogen and oxygen atoms in total. The zero-order valence-electron chi connectivity index (χ0n) is 11.3. The van der Waals surface area contributed by atoms with E-state index in [1.165, 1.54) is 5.56 Å². The van der Waals surface area contributed by atoms with E-state index in [-0.39, 0.29) is 6.10 Å². The van der Waals surface area contributed by atoms with Crippen molar-refractivity contribution in [3.8, 4) is 11.4 Å². The third-order valence-electron chi connectivity index (χ3n) is 3.22. The van der Waals surface area contributed by atoms with Gasteiger partial charge in [0.05, 0.1) is 6.33 Å². The summed E-state index contributed by atoms with van der Waals surface area (Å²) in [6.45, 7) is 2.05. The SMILES string of the molecule is CC(Oc1ccc(-n2ccnc2)cc1)c1ccccc1. The number of aromatic nitrogens is 2. The molecule has 1 unspecified atom stereocenters. The highest BCUT2D eigenvalue weighted by molar-refractivity contribution is 5.37. The van der Waals surface area contributed by atoms with Gasteiger partial charge in [0.15, 0.2) is 0 Å². The molecule has 0 spiro atoms. The molecule has 1 aromatic heterocycles. The molecule has 0 fully saturated rings. The summed E-state index contributed by atoms with van der Waals surface area (Å²) in [4.78, 5) is 4.04. The molecule has 0 saturated carbocycles. The fraction of sp³-hybridized carbons (Fsp3) is 0.118. The number of nitrogens with zero attached hydrogens (tertiary/aromatic N) is 2. The van der Waals surface area contributed by atoms with Gasteiger partial charge in [0, 0.05) is 18.1 Å². The topological polar surface area (TPSA) is 27.1 Å². The third-order valence-corrected chi connectivity index (χ3v) is 3.22. The largest absolute Gasteiger partial charge is 0.486 e. The second kappa shape index (κ2) is 5.61. The van der Waals surface area contributed by atoms with Gasteiger partial charge >= 0.3 is 0 Å². The summed E-state index contributed by atoms with van der Waals surface area (Å²) in [6, 6.07) is 18.2. The lowest BCUT2D eigenvalue weighted by atomic mass is 10.1. The lowest BCUT2D eigenvalue weighted by molar-refractivity contribution is 0.227. The summed E-state index contributed by atoms with van der Waals surface area (Å²) in [7, 11) is 0. The Kier molecular flexibility index (Phi) is 3.50. The number of rotatable bonds is 4. The number of hydrogen-bond acceptors (Lipinski definition) is 2. The van der Waals surface area contributed by atoms with Gasteiger partial charge in [-0.1, -0.05) is 30.3 Å². The van der Waals surface area contributed by atoms with Crippen molar-refractivity contribution in [3.05, 3.63) is 78.9 Å². The Hall–Kier alpha value is -2.55. The second-order valence-corrected chi connectivity index (χ2v) is 4.63. The van der Waals surface area contributed by atoms with E-state index >= 15 is 0 Å². The molecule has 100 valence electrons. The van der Waals surface area contributed by atoms with Crippen LogP contribution < -0.4 is 4.74 Å². The molecule has 0 aliphatic carbocycles. The summed E-state index contributed by atoms with van der Waals surface area (Å²) >= 11 is 0. The first kappa shape index (κ1) is 12.5. The summed E-state index contributed by atoms with van der Waals surface area (Å²) in [6.07, 6.45) is 5.50. The first-order valence-corrected chi connectivity index (χ1v) is 6.63. The van der Waals surface area contributed by atoms with Crippen molar-refractivity contribution in [1.82, 2.24) is 9.55 Å². The standard InChI is InChI=1S/C17H16N2O/c1-14(15-5-3-2-4-6-15)20-17-9-7-16(8-10-17)19-12-11-18-13-19/h2-14H,1H3. The Morgan fingerprint density at radius 2 is 1.75 bits per heavy atom. The van der Waals surface area contributed by atoms with Crippen LogP contribution in [-0.4, -0.2) is 9.55 Å². The van der Waals surface area contributed by atoms with E-state index in [1.54, 1.807) is 12.5 Å². The highest BCUT2D eigenvalue weighted by Crippen LogP contribution is 2.22. The molecule has 0 N–H and O–H groups in total. The molecule has 1 heterocycles. The predicted octanol–water partition coefficient (Wildman–Crippen LogP) is 4.01. The van der Waals surface area contributed by atoms with Crippen LogP contribution in [0.3, 0.4) is 0 Å². The zero-order valence-corrected chi connectivity index (χ0v) is 11.3. The normalized spacial score (nSPS) is 12.1. The van der Waals surface area contributed by atoms with E-state index in [0.29, 0.717) is 0 Å². The van der Waals surface area contributed by atoms with Crippen LogP contribution in [0.4, 0.5) is 0 Å². The van der Waals surface area contributed by atoms with Crippen molar-refractivity contribution in [3.63, 3.8) is 0 Å². The van der Waals surface area contributed by atoms with Crippen LogP contribution in [0.1, 0.15) is 18.6 Å². The molecule has 20 heavy (non-hydrogen) atoms. The number of ether oxygens (including phenoxy) is 1. The van der Waals surface area contributed by atoms with Gasteiger partial charge < -0.3 is 9.30 Å². The quantitative estimate of drug-likeness (QED) is 0.712. The zero-order chi connectivity index (χ0) is 13.8. The van der Waals surface area contributed by atoms with Gasteiger partial charge in [-0.15, -0.1) is 0 Å². The lowest BCUT2D eigenvalue weighted by Gasteiger charge is -2.15. The first-order valence-electron chi connectivity index (χ1n) is 6.63. The molecule has 3 aromatic rings. The van der Waals surface area contributed by atoms with Gasteiger partial charge in [-0.3, -0.25) is 0 Å². The maximum absolute atomic E-state index is 5.95. The molecular formula is C17H16N2O. The van der Waals surface area contributed by atoms with Crippen LogP contribution >= 0.6 is 0 Å². The van der Waals surface area contributed by atoms with Crippen LogP contribution in [-0.2, 0) is 0 Å². The molecule has 0 saturated heterocycles. The number of hydrogen-bond donors (Lipinski definition) is 0. The Labute approximate surface area is 118 Å². The van der Waals surface area contributed by atoms with Crippen molar-refractivity contribution in [2.75, 3.05) is 0 Å². The smallest absolute Gasteiger partial charge is 0.121 e. The van der Waals surface area contributed by atoms with Gasteiger partial charge in [-0.05, 0) is 36.8 Å². The Morgan fingerprint density at radius 3 is 2.40 bits per heavy atom. The highest BCUT2D eigenvalue weighted by Gasteiger charge is 2.06. The molecule has 0 aliphatic rings. The minimum Gasteiger partial charge on any atom is -0.486 e. The molecule has 2 aromatic carbocycles. The average molecular weight is 264 g/mol. The van der Waals surface area contributed by atoms with Crippen molar-refractivity contribution in [1.29, 1.82) is 0 Å². The minimum atomic E-state index is 0.0373. The summed E-state index contributed by atoms with van der Waals surface area (Å²) in [5.74, 6) is 0.866. The molecule has 0 radical (unpaired) electrons. The van der Waals surface area contributed by atoms with Gasteiger partial charge in [0.1, 0.15) is 11.9 Å². The minimum absolute atomic E-state index is 0.0373. The van der Waals surface area contributed by atoms with Crippen molar-refractivity contribution in [2.45, 2.75) is 13.0 Å². The molecule has 1 atom stereocenters. The number of benzene rings is 2. The summed E-state index contributed by atoms with van der Waals surface area (Å²) < 4.78 is 7.91. The van der Waals surface area contributed by atoms with Crippen molar-refractivity contribution < 1.29 is 4.74 Å². The Morgan fingerprint density at radius 1 is 1.00 bits per heavy atom. The van der Waals surface area contributed by atoms with Gasteiger partial charge in [-0.25, -0.2) is 4.98 Å². The maximum Gasteiger partial charge on any atom is 0.121 e. The van der Waals surface area contributed by atoms with Crippen LogP contribution in [0.25, 0.3) is 5.69 Å². The Bertz CT molecular complexity index is 645. The van der Waals surface area contributed by atoms with Crippen LogP contribution in [0, 0.1) is 0 Å². The molecule has 0 bridgehead atoms. The van der Waals surface area contributed by atoms with Gasteiger partial charge in [-0.2, -0.15) is 0 Å². The third kappa shape index (κ3) is 2.72. The Balaban J connectivity index is 1.72. The first-order chi connectivity index (χ1) is 9.83. The van der Waals surface area contributed by atoms with Gasteiger partial charge in [0.2, 0.25) is 0 Å². The summed E-state index contributed by atoms with van der Waals surface area (Å²) in [5, 5.41) is 0. The molecular weight excluding hydrogens is 248 g/mol. The van der Waals surface area contributed by atoms with Crippen LogP contribution in [0.15, 0.2) is 73.3 Å². The van der Waals surface area contributed by atoms with E-state index in [4.69, 9.17) is 4.74 Å².